The number of nitrogens with one attached hydrogen (secondary N) is 2. The summed E-state index contributed by atoms with van der Waals surface area (Å²) < 4.78 is 5.43. The van der Waals surface area contributed by atoms with E-state index < -0.39 is 0 Å². The summed E-state index contributed by atoms with van der Waals surface area (Å²) >= 11 is 0. The van der Waals surface area contributed by atoms with Crippen LogP contribution in [0.1, 0.15) is 13.8 Å². The minimum Gasteiger partial charge on any atom is -0.494 e. The zero-order valence-electron chi connectivity index (χ0n) is 16.4. The highest BCUT2D eigenvalue weighted by Gasteiger charge is 2.23. The van der Waals surface area contributed by atoms with Crippen LogP contribution in [0.3, 0.4) is 0 Å². The molecule has 0 bridgehead atoms. The number of benzene rings is 2. The Morgan fingerprint density at radius 2 is 1.74 bits per heavy atom. The zero-order valence-corrected chi connectivity index (χ0v) is 16.4. The number of hydrazone groups is 1. The van der Waals surface area contributed by atoms with E-state index in [1.165, 1.54) is 0 Å². The third-order valence-corrected chi connectivity index (χ3v) is 3.94. The molecule has 0 spiro atoms. The van der Waals surface area contributed by atoms with Gasteiger partial charge in [0.1, 0.15) is 5.75 Å². The molecule has 0 aliphatic carbocycles. The second-order valence-corrected chi connectivity index (χ2v) is 6.49. The van der Waals surface area contributed by atoms with Crippen molar-refractivity contribution in [3.63, 3.8) is 0 Å². The van der Waals surface area contributed by atoms with Crippen LogP contribution >= 0.6 is 0 Å². The summed E-state index contributed by atoms with van der Waals surface area (Å²) in [5.41, 5.74) is 5.34. The molecule has 2 aromatic carbocycles. The van der Waals surface area contributed by atoms with E-state index in [-0.39, 0.29) is 11.8 Å². The van der Waals surface area contributed by atoms with Crippen LogP contribution in [0.15, 0.2) is 59.7 Å². The predicted octanol–water partition coefficient (Wildman–Crippen LogP) is 3.69. The summed E-state index contributed by atoms with van der Waals surface area (Å²) in [6, 6.07) is 17.0. The number of hydrogen-bond donors (Lipinski definition) is 2. The van der Waals surface area contributed by atoms with Gasteiger partial charge in [0, 0.05) is 17.9 Å². The number of nitrogens with zero attached hydrogens (tertiary/aromatic N) is 2. The van der Waals surface area contributed by atoms with Crippen LogP contribution in [0.2, 0.25) is 0 Å². The Labute approximate surface area is 161 Å². The molecule has 144 valence electrons. The number of para-hydroxylation sites is 1. The molecule has 2 rings (SSSR count). The number of carbonyl (C=O) groups is 1. The van der Waals surface area contributed by atoms with E-state index in [2.05, 4.69) is 15.8 Å². The van der Waals surface area contributed by atoms with Crippen LogP contribution in [0, 0.1) is 5.92 Å². The third kappa shape index (κ3) is 6.75. The van der Waals surface area contributed by atoms with E-state index in [1.807, 2.05) is 87.4 Å². The Balaban J connectivity index is 2.08. The molecule has 0 saturated carbocycles. The van der Waals surface area contributed by atoms with Crippen molar-refractivity contribution in [1.82, 2.24) is 4.90 Å². The van der Waals surface area contributed by atoms with E-state index in [4.69, 9.17) is 4.74 Å². The quantitative estimate of drug-likeness (QED) is 0.523. The molecule has 0 fully saturated rings. The van der Waals surface area contributed by atoms with Gasteiger partial charge in [-0.15, -0.1) is 0 Å². The number of carbonyl (C=O) groups excluding carboxylic acids is 1. The topological polar surface area (TPSA) is 66.0 Å². The van der Waals surface area contributed by atoms with Gasteiger partial charge in [-0.3, -0.25) is 10.2 Å². The van der Waals surface area contributed by atoms with Crippen molar-refractivity contribution in [3.8, 4) is 5.75 Å². The molecule has 27 heavy (non-hydrogen) atoms. The summed E-state index contributed by atoms with van der Waals surface area (Å²) in [7, 11) is 3.88. The molecule has 2 N–H and O–H groups in total. The summed E-state index contributed by atoms with van der Waals surface area (Å²) in [6.07, 6.45) is 0. The lowest BCUT2D eigenvalue weighted by molar-refractivity contribution is -0.118. The van der Waals surface area contributed by atoms with Crippen molar-refractivity contribution in [1.29, 1.82) is 0 Å². The van der Waals surface area contributed by atoms with Crippen molar-refractivity contribution in [3.05, 3.63) is 54.6 Å². The maximum Gasteiger partial charge on any atom is 0.234 e. The van der Waals surface area contributed by atoms with E-state index in [0.717, 1.165) is 22.8 Å². The fourth-order valence-electron chi connectivity index (χ4n) is 2.54. The van der Waals surface area contributed by atoms with Gasteiger partial charge in [-0.2, -0.15) is 5.10 Å². The first-order valence-corrected chi connectivity index (χ1v) is 9.03. The lowest BCUT2D eigenvalue weighted by Gasteiger charge is -2.20. The predicted molar refractivity (Wildman–Crippen MR) is 111 cm³/mol. The Bertz CT molecular complexity index is 743. The van der Waals surface area contributed by atoms with Crippen LogP contribution in [-0.2, 0) is 4.79 Å². The minimum absolute atomic E-state index is 0.0935. The summed E-state index contributed by atoms with van der Waals surface area (Å²) in [6.45, 7) is 4.98. The summed E-state index contributed by atoms with van der Waals surface area (Å²) in [5.74, 6) is 0.317. The normalized spacial score (nSPS) is 12.6. The second kappa shape index (κ2) is 10.3. The molecule has 1 atom stereocenters. The standard InChI is InChI=1S/C21H28N4O2/c1-5-27-19-13-11-17(12-14-19)22-21(26)20(15-25(3)4)16(2)23-24-18-9-7-6-8-10-18/h6-14,20,24H,5,15H2,1-4H3,(H,22,26)/b23-16+. The first-order valence-electron chi connectivity index (χ1n) is 9.03. The smallest absolute Gasteiger partial charge is 0.234 e. The van der Waals surface area contributed by atoms with Gasteiger partial charge in [0.05, 0.1) is 18.2 Å². The van der Waals surface area contributed by atoms with Crippen molar-refractivity contribution in [2.24, 2.45) is 11.0 Å². The highest BCUT2D eigenvalue weighted by molar-refractivity contribution is 6.08. The van der Waals surface area contributed by atoms with Crippen LogP contribution in [0.25, 0.3) is 0 Å². The summed E-state index contributed by atoms with van der Waals surface area (Å²) in [4.78, 5) is 14.8. The second-order valence-electron chi connectivity index (χ2n) is 6.49. The highest BCUT2D eigenvalue weighted by Crippen LogP contribution is 2.17. The number of amides is 1. The summed E-state index contributed by atoms with van der Waals surface area (Å²) in [5, 5.41) is 7.37. The minimum atomic E-state index is -0.372. The Kier molecular flexibility index (Phi) is 7.82. The monoisotopic (exact) mass is 368 g/mol. The van der Waals surface area contributed by atoms with Gasteiger partial charge < -0.3 is 15.0 Å². The maximum atomic E-state index is 12.8. The Morgan fingerprint density at radius 3 is 2.33 bits per heavy atom. The van der Waals surface area contributed by atoms with Gasteiger partial charge in [0.15, 0.2) is 0 Å². The lowest BCUT2D eigenvalue weighted by atomic mass is 10.0. The van der Waals surface area contributed by atoms with Gasteiger partial charge in [0.25, 0.3) is 0 Å². The zero-order chi connectivity index (χ0) is 19.6. The van der Waals surface area contributed by atoms with Crippen molar-refractivity contribution in [2.75, 3.05) is 38.0 Å². The van der Waals surface area contributed by atoms with Crippen LogP contribution in [-0.4, -0.2) is 43.8 Å². The van der Waals surface area contributed by atoms with Crippen LogP contribution in [0.5, 0.6) is 5.75 Å². The average molecular weight is 368 g/mol. The van der Waals surface area contributed by atoms with E-state index in [1.54, 1.807) is 0 Å². The Morgan fingerprint density at radius 1 is 1.07 bits per heavy atom. The van der Waals surface area contributed by atoms with Gasteiger partial charge in [-0.1, -0.05) is 18.2 Å². The molecular formula is C21H28N4O2. The SMILES string of the molecule is CCOc1ccc(NC(=O)C(CN(C)C)/C(C)=N/Nc2ccccc2)cc1. The van der Waals surface area contributed by atoms with Gasteiger partial charge in [-0.25, -0.2) is 0 Å². The molecule has 1 unspecified atom stereocenters. The molecule has 6 heteroatoms. The molecule has 0 aromatic heterocycles. The fourth-order valence-corrected chi connectivity index (χ4v) is 2.54. The first kappa shape index (κ1) is 20.5. The van der Waals surface area contributed by atoms with E-state index in [0.29, 0.717) is 13.2 Å². The average Bonchev–Trinajstić information content (AvgIpc) is 2.66. The van der Waals surface area contributed by atoms with E-state index in [9.17, 15) is 4.79 Å². The molecular weight excluding hydrogens is 340 g/mol. The molecule has 0 aliphatic rings. The van der Waals surface area contributed by atoms with Crippen molar-refractivity contribution < 1.29 is 9.53 Å². The number of anilines is 2. The van der Waals surface area contributed by atoms with E-state index >= 15 is 0 Å². The largest absolute Gasteiger partial charge is 0.494 e. The number of rotatable bonds is 9. The molecule has 0 aliphatic heterocycles. The first-order chi connectivity index (χ1) is 13.0. The molecule has 0 saturated heterocycles. The van der Waals surface area contributed by atoms with Crippen molar-refractivity contribution in [2.45, 2.75) is 13.8 Å². The lowest BCUT2D eigenvalue weighted by Crippen LogP contribution is -2.36. The van der Waals surface area contributed by atoms with Crippen LogP contribution in [0.4, 0.5) is 11.4 Å². The molecule has 2 aromatic rings. The molecule has 1 amide bonds. The Hall–Kier alpha value is -2.86. The highest BCUT2D eigenvalue weighted by atomic mass is 16.5. The fraction of sp³-hybridized carbons (Fsp3) is 0.333. The third-order valence-electron chi connectivity index (χ3n) is 3.94. The molecule has 6 nitrogen and oxygen atoms in total. The van der Waals surface area contributed by atoms with Crippen molar-refractivity contribution >= 4 is 23.0 Å². The number of hydrogen-bond acceptors (Lipinski definition) is 5. The maximum absolute atomic E-state index is 12.8. The van der Waals surface area contributed by atoms with Gasteiger partial charge >= 0.3 is 0 Å². The molecule has 0 heterocycles. The number of ether oxygens (including phenoxy) is 1. The van der Waals surface area contributed by atoms with Gasteiger partial charge in [0.2, 0.25) is 5.91 Å². The van der Waals surface area contributed by atoms with Gasteiger partial charge in [-0.05, 0) is 64.3 Å². The molecule has 0 radical (unpaired) electrons. The van der Waals surface area contributed by atoms with Crippen LogP contribution < -0.4 is 15.5 Å².